The monoisotopic (exact) mass is 350 g/mol. The van der Waals surface area contributed by atoms with Crippen LogP contribution in [-0.2, 0) is 10.2 Å². The fourth-order valence-corrected chi connectivity index (χ4v) is 4.47. The Balaban J connectivity index is 0.00000169. The van der Waals surface area contributed by atoms with E-state index in [2.05, 4.69) is 30.9 Å². The number of nitrogens with two attached hydrogens (primary N) is 1. The summed E-state index contributed by atoms with van der Waals surface area (Å²) in [5.74, 6) is 1.41. The number of para-hydroxylation sites is 1. The summed E-state index contributed by atoms with van der Waals surface area (Å²) >= 11 is 0. The van der Waals surface area contributed by atoms with E-state index in [1.165, 1.54) is 5.56 Å². The fourth-order valence-electron chi connectivity index (χ4n) is 4.47. The van der Waals surface area contributed by atoms with Crippen LogP contribution in [0.2, 0.25) is 0 Å². The summed E-state index contributed by atoms with van der Waals surface area (Å²) in [7, 11) is 0. The van der Waals surface area contributed by atoms with E-state index in [4.69, 9.17) is 10.5 Å². The van der Waals surface area contributed by atoms with Crippen molar-refractivity contribution in [1.82, 2.24) is 4.90 Å². The standard InChI is InChI=1S/C19H26N2O2.ClH/c1-18(2)12-21(9-7-16(18)20)17(22)14-11-19(14)8-10-23-15-6-4-3-5-13(15)19;/h3-6,14,16H,7-12,20H2,1-2H3;1H. The molecule has 4 nitrogen and oxygen atoms in total. The molecule has 1 saturated heterocycles. The van der Waals surface area contributed by atoms with Crippen LogP contribution >= 0.6 is 12.4 Å². The SMILES string of the molecule is CC1(C)CN(C(=O)C2CC23CCOc2ccccc23)CCC1N.Cl. The molecule has 3 unspecified atom stereocenters. The molecule has 3 aliphatic rings. The molecule has 5 heteroatoms. The van der Waals surface area contributed by atoms with E-state index < -0.39 is 0 Å². The molecule has 1 aromatic carbocycles. The number of hydrogen-bond donors (Lipinski definition) is 1. The van der Waals surface area contributed by atoms with Gasteiger partial charge in [0, 0.05) is 36.0 Å². The minimum atomic E-state index is 0. The Morgan fingerprint density at radius 2 is 2.08 bits per heavy atom. The molecule has 2 aliphatic heterocycles. The smallest absolute Gasteiger partial charge is 0.226 e. The van der Waals surface area contributed by atoms with Gasteiger partial charge in [0.15, 0.2) is 0 Å². The topological polar surface area (TPSA) is 55.6 Å². The van der Waals surface area contributed by atoms with Gasteiger partial charge in [-0.2, -0.15) is 0 Å². The largest absolute Gasteiger partial charge is 0.493 e. The molecule has 2 fully saturated rings. The van der Waals surface area contributed by atoms with Crippen LogP contribution in [0.25, 0.3) is 0 Å². The van der Waals surface area contributed by atoms with Crippen LogP contribution in [-0.4, -0.2) is 36.5 Å². The molecule has 0 bridgehead atoms. The highest BCUT2D eigenvalue weighted by Gasteiger charge is 2.62. The Morgan fingerprint density at radius 1 is 1.33 bits per heavy atom. The van der Waals surface area contributed by atoms with Crippen molar-refractivity contribution >= 4 is 18.3 Å². The van der Waals surface area contributed by atoms with Crippen molar-refractivity contribution in [3.63, 3.8) is 0 Å². The zero-order valence-electron chi connectivity index (χ0n) is 14.5. The summed E-state index contributed by atoms with van der Waals surface area (Å²) in [5.41, 5.74) is 7.47. The highest BCUT2D eigenvalue weighted by molar-refractivity contribution is 5.85. The van der Waals surface area contributed by atoms with Gasteiger partial charge in [-0.1, -0.05) is 32.0 Å². The third kappa shape index (κ3) is 2.60. The number of rotatable bonds is 1. The van der Waals surface area contributed by atoms with Crippen molar-refractivity contribution in [2.45, 2.75) is 44.6 Å². The third-order valence-electron chi connectivity index (χ3n) is 6.23. The number of halogens is 1. The summed E-state index contributed by atoms with van der Waals surface area (Å²) in [5, 5.41) is 0. The van der Waals surface area contributed by atoms with Crippen LogP contribution in [0.4, 0.5) is 0 Å². The summed E-state index contributed by atoms with van der Waals surface area (Å²) < 4.78 is 5.78. The fraction of sp³-hybridized carbons (Fsp3) is 0.632. The third-order valence-corrected chi connectivity index (χ3v) is 6.23. The van der Waals surface area contributed by atoms with Gasteiger partial charge in [-0.15, -0.1) is 12.4 Å². The Bertz CT molecular complexity index is 648. The molecule has 132 valence electrons. The lowest BCUT2D eigenvalue weighted by atomic mass is 9.79. The lowest BCUT2D eigenvalue weighted by Gasteiger charge is -2.43. The van der Waals surface area contributed by atoms with Gasteiger partial charge >= 0.3 is 0 Å². The van der Waals surface area contributed by atoms with E-state index >= 15 is 0 Å². The Hall–Kier alpha value is -1.26. The number of nitrogens with zero attached hydrogens (tertiary/aromatic N) is 1. The summed E-state index contributed by atoms with van der Waals surface area (Å²) in [6.07, 6.45) is 2.82. The molecule has 0 aromatic heterocycles. The normalized spacial score (nSPS) is 33.2. The Kier molecular flexibility index (Phi) is 4.33. The van der Waals surface area contributed by atoms with Crippen LogP contribution < -0.4 is 10.5 Å². The number of benzene rings is 1. The maximum atomic E-state index is 13.1. The predicted molar refractivity (Wildman–Crippen MR) is 96.5 cm³/mol. The van der Waals surface area contributed by atoms with E-state index in [1.807, 2.05) is 12.1 Å². The molecule has 1 spiro atoms. The first kappa shape index (κ1) is 17.6. The van der Waals surface area contributed by atoms with Gasteiger partial charge in [0.1, 0.15) is 5.75 Å². The van der Waals surface area contributed by atoms with Gasteiger partial charge in [-0.25, -0.2) is 0 Å². The van der Waals surface area contributed by atoms with E-state index in [0.717, 1.165) is 44.7 Å². The van der Waals surface area contributed by atoms with E-state index in [9.17, 15) is 4.79 Å². The average Bonchev–Trinajstić information content (AvgIpc) is 3.24. The molecule has 0 radical (unpaired) electrons. The minimum absolute atomic E-state index is 0. The summed E-state index contributed by atoms with van der Waals surface area (Å²) in [6.45, 7) is 6.64. The molecule has 24 heavy (non-hydrogen) atoms. The first-order chi connectivity index (χ1) is 10.9. The Morgan fingerprint density at radius 3 is 2.83 bits per heavy atom. The average molecular weight is 351 g/mol. The molecule has 2 heterocycles. The maximum absolute atomic E-state index is 13.1. The van der Waals surface area contributed by atoms with E-state index in [0.29, 0.717) is 5.91 Å². The van der Waals surface area contributed by atoms with E-state index in [-0.39, 0.29) is 35.2 Å². The van der Waals surface area contributed by atoms with Crippen LogP contribution in [0, 0.1) is 11.3 Å². The number of carbonyl (C=O) groups excluding carboxylic acids is 1. The number of fused-ring (bicyclic) bond motifs is 2. The van der Waals surface area contributed by atoms with Gasteiger partial charge in [-0.05, 0) is 30.7 Å². The first-order valence-electron chi connectivity index (χ1n) is 8.71. The molecule has 4 rings (SSSR count). The number of ether oxygens (including phenoxy) is 1. The molecule has 1 aromatic rings. The van der Waals surface area contributed by atoms with Crippen molar-refractivity contribution < 1.29 is 9.53 Å². The predicted octanol–water partition coefficient (Wildman–Crippen LogP) is 2.73. The van der Waals surface area contributed by atoms with Gasteiger partial charge in [0.2, 0.25) is 5.91 Å². The molecular formula is C19H27ClN2O2. The second-order valence-electron chi connectivity index (χ2n) is 8.15. The van der Waals surface area contributed by atoms with Gasteiger partial charge in [0.25, 0.3) is 0 Å². The van der Waals surface area contributed by atoms with Crippen LogP contribution in [0.15, 0.2) is 24.3 Å². The minimum Gasteiger partial charge on any atom is -0.493 e. The molecule has 1 amide bonds. The molecule has 1 saturated carbocycles. The van der Waals surface area contributed by atoms with Crippen LogP contribution in [0.3, 0.4) is 0 Å². The number of hydrogen-bond acceptors (Lipinski definition) is 3. The van der Waals surface area contributed by atoms with Crippen molar-refractivity contribution in [2.75, 3.05) is 19.7 Å². The lowest BCUT2D eigenvalue weighted by Crippen LogP contribution is -2.54. The number of amides is 1. The highest BCUT2D eigenvalue weighted by atomic mass is 35.5. The second-order valence-corrected chi connectivity index (χ2v) is 8.15. The Labute approximate surface area is 150 Å². The van der Waals surface area contributed by atoms with E-state index in [1.54, 1.807) is 0 Å². The molecule has 2 N–H and O–H groups in total. The second kappa shape index (κ2) is 5.92. The van der Waals surface area contributed by atoms with Gasteiger partial charge in [-0.3, -0.25) is 4.79 Å². The summed E-state index contributed by atoms with van der Waals surface area (Å²) in [4.78, 5) is 15.1. The number of piperidine rings is 1. The van der Waals surface area contributed by atoms with Crippen molar-refractivity contribution in [3.8, 4) is 5.75 Å². The molecule has 3 atom stereocenters. The highest BCUT2D eigenvalue weighted by Crippen LogP contribution is 2.61. The van der Waals surface area contributed by atoms with Crippen LogP contribution in [0.1, 0.15) is 38.7 Å². The van der Waals surface area contributed by atoms with Crippen molar-refractivity contribution in [2.24, 2.45) is 17.1 Å². The lowest BCUT2D eigenvalue weighted by molar-refractivity contribution is -0.136. The maximum Gasteiger partial charge on any atom is 0.226 e. The molecular weight excluding hydrogens is 324 g/mol. The zero-order valence-corrected chi connectivity index (χ0v) is 15.3. The quantitative estimate of drug-likeness (QED) is 0.847. The van der Waals surface area contributed by atoms with Crippen molar-refractivity contribution in [1.29, 1.82) is 0 Å². The van der Waals surface area contributed by atoms with Crippen molar-refractivity contribution in [3.05, 3.63) is 29.8 Å². The summed E-state index contributed by atoms with van der Waals surface area (Å²) in [6, 6.07) is 8.41. The van der Waals surface area contributed by atoms with Gasteiger partial charge < -0.3 is 15.4 Å². The van der Waals surface area contributed by atoms with Crippen LogP contribution in [0.5, 0.6) is 5.75 Å². The molecule has 1 aliphatic carbocycles. The number of carbonyl (C=O) groups is 1. The zero-order chi connectivity index (χ0) is 16.2. The first-order valence-corrected chi connectivity index (χ1v) is 8.71. The number of likely N-dealkylation sites (tertiary alicyclic amines) is 1. The van der Waals surface area contributed by atoms with Gasteiger partial charge in [0.05, 0.1) is 6.61 Å².